The fraction of sp³-hybridized carbons (Fsp3) is 0.318. The van der Waals surface area contributed by atoms with Crippen LogP contribution in [0.25, 0.3) is 11.0 Å². The lowest BCUT2D eigenvalue weighted by Crippen LogP contribution is -2.48. The number of rotatable bonds is 5. The minimum Gasteiger partial charge on any atom is -0.422 e. The first-order chi connectivity index (χ1) is 15.2. The topological polar surface area (TPSA) is 114 Å². The van der Waals surface area contributed by atoms with Crippen LogP contribution in [0.2, 0.25) is 0 Å². The van der Waals surface area contributed by atoms with Crippen LogP contribution in [-0.4, -0.2) is 48.7 Å². The third-order valence-corrected chi connectivity index (χ3v) is 7.80. The molecule has 1 saturated heterocycles. The molecule has 0 saturated carbocycles. The predicted octanol–water partition coefficient (Wildman–Crippen LogP) is 2.82. The first kappa shape index (κ1) is 22.1. The fourth-order valence-corrected chi connectivity index (χ4v) is 5.39. The van der Waals surface area contributed by atoms with Crippen LogP contribution in [0.15, 0.2) is 56.6 Å². The van der Waals surface area contributed by atoms with Gasteiger partial charge in [-0.25, -0.2) is 13.2 Å². The van der Waals surface area contributed by atoms with Gasteiger partial charge in [-0.05, 0) is 36.6 Å². The molecule has 2 aromatic carbocycles. The summed E-state index contributed by atoms with van der Waals surface area (Å²) in [6.07, 6.45) is 0. The molecule has 168 valence electrons. The standard InChI is InChI=1S/C22H23N3O6S/c1-15-6-7-20-17(12-21(26)31-22(20)16(15)2)14-23-8-10-24(11-9-23)32(29,30)19-5-3-4-18(13-19)25(27)28/h3-7,12-13H,8-11,14H2,1-2H3. The highest BCUT2D eigenvalue weighted by Gasteiger charge is 2.29. The van der Waals surface area contributed by atoms with Crippen molar-refractivity contribution in [1.82, 2.24) is 9.21 Å². The molecular formula is C22H23N3O6S. The maximum atomic E-state index is 12.9. The van der Waals surface area contributed by atoms with Crippen molar-refractivity contribution in [1.29, 1.82) is 0 Å². The Labute approximate surface area is 185 Å². The van der Waals surface area contributed by atoms with Gasteiger partial charge >= 0.3 is 5.63 Å². The van der Waals surface area contributed by atoms with Crippen molar-refractivity contribution in [2.24, 2.45) is 0 Å². The van der Waals surface area contributed by atoms with Crippen LogP contribution in [-0.2, 0) is 16.6 Å². The Morgan fingerprint density at radius 2 is 1.78 bits per heavy atom. The average Bonchev–Trinajstić information content (AvgIpc) is 2.77. The van der Waals surface area contributed by atoms with Gasteiger partial charge in [0.05, 0.1) is 9.82 Å². The molecule has 0 amide bonds. The molecule has 9 nitrogen and oxygen atoms in total. The lowest BCUT2D eigenvalue weighted by Gasteiger charge is -2.34. The number of nitrogens with zero attached hydrogens (tertiary/aromatic N) is 3. The molecule has 4 rings (SSSR count). The Bertz CT molecular complexity index is 1360. The molecule has 0 radical (unpaired) electrons. The van der Waals surface area contributed by atoms with Gasteiger partial charge in [-0.15, -0.1) is 0 Å². The first-order valence-corrected chi connectivity index (χ1v) is 11.6. The molecule has 1 fully saturated rings. The summed E-state index contributed by atoms with van der Waals surface area (Å²) >= 11 is 0. The van der Waals surface area contributed by atoms with E-state index in [0.717, 1.165) is 28.1 Å². The molecule has 3 aromatic rings. The second kappa shape index (κ2) is 8.45. The van der Waals surface area contributed by atoms with Gasteiger partial charge in [0.1, 0.15) is 5.58 Å². The maximum absolute atomic E-state index is 12.9. The van der Waals surface area contributed by atoms with Crippen molar-refractivity contribution in [2.75, 3.05) is 26.2 Å². The van der Waals surface area contributed by atoms with Crippen molar-refractivity contribution < 1.29 is 17.8 Å². The maximum Gasteiger partial charge on any atom is 0.336 e. The lowest BCUT2D eigenvalue weighted by molar-refractivity contribution is -0.385. The van der Waals surface area contributed by atoms with Crippen molar-refractivity contribution in [3.63, 3.8) is 0 Å². The number of fused-ring (bicyclic) bond motifs is 1. The Balaban J connectivity index is 1.51. The number of nitro groups is 1. The number of nitro benzene ring substituents is 1. The Morgan fingerprint density at radius 3 is 2.47 bits per heavy atom. The van der Waals surface area contributed by atoms with E-state index in [1.807, 2.05) is 26.0 Å². The largest absolute Gasteiger partial charge is 0.422 e. The molecule has 32 heavy (non-hydrogen) atoms. The van der Waals surface area contributed by atoms with E-state index >= 15 is 0 Å². The predicted molar refractivity (Wildman–Crippen MR) is 119 cm³/mol. The molecule has 0 unspecified atom stereocenters. The Morgan fingerprint density at radius 1 is 1.06 bits per heavy atom. The van der Waals surface area contributed by atoms with Crippen molar-refractivity contribution in [3.05, 3.63) is 79.7 Å². The smallest absolute Gasteiger partial charge is 0.336 e. The van der Waals surface area contributed by atoms with E-state index < -0.39 is 20.6 Å². The van der Waals surface area contributed by atoms with Crippen LogP contribution < -0.4 is 5.63 Å². The number of piperazine rings is 1. The highest BCUT2D eigenvalue weighted by atomic mass is 32.2. The van der Waals surface area contributed by atoms with Crippen LogP contribution in [0, 0.1) is 24.0 Å². The molecule has 1 aliphatic heterocycles. The second-order valence-corrected chi connectivity index (χ2v) is 9.85. The molecule has 0 atom stereocenters. The molecule has 0 N–H and O–H groups in total. The van der Waals surface area contributed by atoms with Gasteiger partial charge in [0.2, 0.25) is 10.0 Å². The quantitative estimate of drug-likeness (QED) is 0.329. The second-order valence-electron chi connectivity index (χ2n) is 7.91. The first-order valence-electron chi connectivity index (χ1n) is 10.2. The highest BCUT2D eigenvalue weighted by molar-refractivity contribution is 7.89. The Kier molecular flexibility index (Phi) is 5.85. The number of aryl methyl sites for hydroxylation is 2. The van der Waals surface area contributed by atoms with Gasteiger partial charge in [-0.3, -0.25) is 15.0 Å². The number of hydrogen-bond acceptors (Lipinski definition) is 7. The molecule has 0 aliphatic carbocycles. The summed E-state index contributed by atoms with van der Waals surface area (Å²) in [6, 6.07) is 10.5. The molecule has 0 bridgehead atoms. The van der Waals surface area contributed by atoms with Crippen molar-refractivity contribution >= 4 is 26.7 Å². The molecule has 2 heterocycles. The van der Waals surface area contributed by atoms with E-state index in [0.29, 0.717) is 25.2 Å². The molecule has 10 heteroatoms. The number of benzene rings is 2. The van der Waals surface area contributed by atoms with Crippen LogP contribution in [0.1, 0.15) is 16.7 Å². The summed E-state index contributed by atoms with van der Waals surface area (Å²) in [6.45, 7) is 5.83. The summed E-state index contributed by atoms with van der Waals surface area (Å²) in [5.74, 6) is 0. The zero-order chi connectivity index (χ0) is 23.0. The van der Waals surface area contributed by atoms with E-state index in [1.165, 1.54) is 28.6 Å². The summed E-state index contributed by atoms with van der Waals surface area (Å²) in [5.41, 5.74) is 2.72. The minimum absolute atomic E-state index is 0.0855. The van der Waals surface area contributed by atoms with Gasteiger partial charge in [0.25, 0.3) is 5.69 Å². The molecule has 0 spiro atoms. The third-order valence-electron chi connectivity index (χ3n) is 5.91. The van der Waals surface area contributed by atoms with Crippen LogP contribution >= 0.6 is 0 Å². The highest BCUT2D eigenvalue weighted by Crippen LogP contribution is 2.26. The number of non-ortho nitro benzene ring substituents is 1. The van der Waals surface area contributed by atoms with Gasteiger partial charge in [-0.1, -0.05) is 18.2 Å². The Hall–Kier alpha value is -3.08. The zero-order valence-corrected chi connectivity index (χ0v) is 18.6. The minimum atomic E-state index is -3.83. The van der Waals surface area contributed by atoms with Crippen molar-refractivity contribution in [2.45, 2.75) is 25.3 Å². The summed E-state index contributed by atoms with van der Waals surface area (Å²) in [5, 5.41) is 11.9. The third kappa shape index (κ3) is 4.16. The SMILES string of the molecule is Cc1ccc2c(CN3CCN(S(=O)(=O)c4cccc([N+](=O)[O-])c4)CC3)cc(=O)oc2c1C. The van der Waals surface area contributed by atoms with Gasteiger partial charge in [-0.2, -0.15) is 4.31 Å². The van der Waals surface area contributed by atoms with Gasteiger partial charge in [0, 0.05) is 56.3 Å². The van der Waals surface area contributed by atoms with E-state index in [1.54, 1.807) is 0 Å². The number of hydrogen-bond donors (Lipinski definition) is 0. The van der Waals surface area contributed by atoms with Crippen LogP contribution in [0.5, 0.6) is 0 Å². The van der Waals surface area contributed by atoms with Crippen LogP contribution in [0.4, 0.5) is 5.69 Å². The van der Waals surface area contributed by atoms with Gasteiger partial charge < -0.3 is 4.42 Å². The molecular weight excluding hydrogens is 434 g/mol. The van der Waals surface area contributed by atoms with Crippen molar-refractivity contribution in [3.8, 4) is 0 Å². The monoisotopic (exact) mass is 457 g/mol. The summed E-state index contributed by atoms with van der Waals surface area (Å²) in [7, 11) is -3.83. The average molecular weight is 458 g/mol. The van der Waals surface area contributed by atoms with E-state index in [4.69, 9.17) is 4.42 Å². The van der Waals surface area contributed by atoms with Gasteiger partial charge in [0.15, 0.2) is 0 Å². The van der Waals surface area contributed by atoms with E-state index in [-0.39, 0.29) is 23.7 Å². The molecule has 1 aliphatic rings. The van der Waals surface area contributed by atoms with E-state index in [9.17, 15) is 23.3 Å². The lowest BCUT2D eigenvalue weighted by atomic mass is 10.0. The molecule has 1 aromatic heterocycles. The van der Waals surface area contributed by atoms with Crippen LogP contribution in [0.3, 0.4) is 0 Å². The zero-order valence-electron chi connectivity index (χ0n) is 17.8. The summed E-state index contributed by atoms with van der Waals surface area (Å²) < 4.78 is 32.7. The van der Waals surface area contributed by atoms with E-state index in [2.05, 4.69) is 4.90 Å². The fourth-order valence-electron chi connectivity index (χ4n) is 3.93. The normalized spacial score (nSPS) is 15.8. The number of sulfonamides is 1. The summed E-state index contributed by atoms with van der Waals surface area (Å²) in [4.78, 5) is 24.5.